The van der Waals surface area contributed by atoms with E-state index < -0.39 is 16.7 Å². The zero-order chi connectivity index (χ0) is 18.9. The molecular weight excluding hydrogens is 344 g/mol. The Balaban J connectivity index is 1.68. The summed E-state index contributed by atoms with van der Waals surface area (Å²) < 4.78 is 5.06. The Morgan fingerprint density at radius 2 is 1.69 bits per heavy atom. The van der Waals surface area contributed by atoms with Gasteiger partial charge in [-0.1, -0.05) is 0 Å². The molecule has 2 aromatic rings. The quantitative estimate of drug-likeness (QED) is 0.497. The number of hydrogen-bond acceptors (Lipinski definition) is 6. The lowest BCUT2D eigenvalue weighted by Crippen LogP contribution is -2.42. The summed E-state index contributed by atoms with van der Waals surface area (Å²) in [7, 11) is 0. The molecule has 0 aliphatic heterocycles. The molecule has 26 heavy (non-hydrogen) atoms. The van der Waals surface area contributed by atoms with E-state index in [1.165, 1.54) is 30.5 Å². The number of nitro groups is 1. The smallest absolute Gasteiger partial charge is 0.269 e. The Morgan fingerprint density at radius 3 is 2.31 bits per heavy atom. The number of nitro benzene ring substituents is 1. The van der Waals surface area contributed by atoms with E-state index in [0.717, 1.165) is 0 Å². The third kappa shape index (κ3) is 5.74. The van der Waals surface area contributed by atoms with Crippen LogP contribution in [0.3, 0.4) is 0 Å². The maximum absolute atomic E-state index is 11.8. The highest BCUT2D eigenvalue weighted by atomic mass is 16.6. The molecule has 10 heteroatoms. The van der Waals surface area contributed by atoms with Gasteiger partial charge in [-0.05, 0) is 24.3 Å². The van der Waals surface area contributed by atoms with Gasteiger partial charge >= 0.3 is 0 Å². The number of carbonyl (C=O) groups is 3. The van der Waals surface area contributed by atoms with Crippen molar-refractivity contribution in [3.8, 4) is 0 Å². The van der Waals surface area contributed by atoms with Crippen molar-refractivity contribution in [1.82, 2.24) is 16.2 Å². The Labute approximate surface area is 147 Å². The van der Waals surface area contributed by atoms with Crippen molar-refractivity contribution in [1.29, 1.82) is 0 Å². The van der Waals surface area contributed by atoms with Crippen LogP contribution in [0.1, 0.15) is 29.0 Å². The van der Waals surface area contributed by atoms with Gasteiger partial charge in [0.05, 0.1) is 17.7 Å². The number of non-ortho nitro benzene ring substituents is 1. The molecule has 3 N–H and O–H groups in total. The van der Waals surface area contributed by atoms with Crippen molar-refractivity contribution in [2.24, 2.45) is 0 Å². The minimum Gasteiger partial charge on any atom is -0.467 e. The lowest BCUT2D eigenvalue weighted by molar-refractivity contribution is -0.384. The summed E-state index contributed by atoms with van der Waals surface area (Å²) in [5.41, 5.74) is 4.34. The molecule has 136 valence electrons. The molecule has 0 spiro atoms. The van der Waals surface area contributed by atoms with Gasteiger partial charge in [-0.3, -0.25) is 35.3 Å². The molecule has 0 radical (unpaired) electrons. The average Bonchev–Trinajstić information content (AvgIpc) is 3.16. The highest BCUT2D eigenvalue weighted by Crippen LogP contribution is 2.11. The first-order valence-corrected chi connectivity index (χ1v) is 7.58. The fourth-order valence-corrected chi connectivity index (χ4v) is 1.91. The van der Waals surface area contributed by atoms with Gasteiger partial charge < -0.3 is 9.73 Å². The molecule has 0 atom stereocenters. The molecule has 0 fully saturated rings. The first-order valence-electron chi connectivity index (χ1n) is 7.58. The summed E-state index contributed by atoms with van der Waals surface area (Å²) >= 11 is 0. The molecule has 0 bridgehead atoms. The van der Waals surface area contributed by atoms with Crippen LogP contribution in [0, 0.1) is 10.1 Å². The fourth-order valence-electron chi connectivity index (χ4n) is 1.91. The van der Waals surface area contributed by atoms with Crippen molar-refractivity contribution in [2.75, 3.05) is 0 Å². The highest BCUT2D eigenvalue weighted by molar-refractivity contribution is 5.95. The van der Waals surface area contributed by atoms with Crippen molar-refractivity contribution < 1.29 is 23.7 Å². The topological polar surface area (TPSA) is 144 Å². The number of hydrogen-bond donors (Lipinski definition) is 3. The number of carbonyl (C=O) groups excluding carboxylic acids is 3. The SMILES string of the molecule is O=C(CCC(=O)NNC(=O)c1ccc([N+](=O)[O-])cc1)NCc1ccco1. The van der Waals surface area contributed by atoms with Gasteiger partial charge in [-0.15, -0.1) is 0 Å². The minimum atomic E-state index is -0.629. The van der Waals surface area contributed by atoms with Crippen LogP contribution in [-0.2, 0) is 16.1 Å². The number of amides is 3. The Bertz CT molecular complexity index is 786. The van der Waals surface area contributed by atoms with Gasteiger partial charge in [0.15, 0.2) is 0 Å². The Kier molecular flexibility index (Phi) is 6.43. The van der Waals surface area contributed by atoms with E-state index in [2.05, 4.69) is 16.2 Å². The van der Waals surface area contributed by atoms with Crippen LogP contribution in [0.25, 0.3) is 0 Å². The zero-order valence-corrected chi connectivity index (χ0v) is 13.6. The van der Waals surface area contributed by atoms with Gasteiger partial charge in [0, 0.05) is 30.5 Å². The van der Waals surface area contributed by atoms with Gasteiger partial charge in [0.1, 0.15) is 5.76 Å². The van der Waals surface area contributed by atoms with Crippen molar-refractivity contribution >= 4 is 23.4 Å². The largest absolute Gasteiger partial charge is 0.467 e. The second-order valence-corrected chi connectivity index (χ2v) is 5.16. The first kappa shape index (κ1) is 18.6. The van der Waals surface area contributed by atoms with E-state index in [9.17, 15) is 24.5 Å². The van der Waals surface area contributed by atoms with Crippen LogP contribution < -0.4 is 16.2 Å². The zero-order valence-electron chi connectivity index (χ0n) is 13.6. The van der Waals surface area contributed by atoms with Crippen LogP contribution in [0.15, 0.2) is 47.1 Å². The van der Waals surface area contributed by atoms with E-state index >= 15 is 0 Å². The average molecular weight is 360 g/mol. The van der Waals surface area contributed by atoms with Crippen LogP contribution in [-0.4, -0.2) is 22.6 Å². The number of nitrogens with one attached hydrogen (secondary N) is 3. The van der Waals surface area contributed by atoms with E-state index in [1.807, 2.05) is 0 Å². The van der Waals surface area contributed by atoms with Crippen LogP contribution in [0.5, 0.6) is 0 Å². The van der Waals surface area contributed by atoms with Crippen LogP contribution in [0.4, 0.5) is 5.69 Å². The summed E-state index contributed by atoms with van der Waals surface area (Å²) in [6.45, 7) is 0.227. The lowest BCUT2D eigenvalue weighted by Gasteiger charge is -2.07. The van der Waals surface area contributed by atoms with E-state index in [1.54, 1.807) is 12.1 Å². The fraction of sp³-hybridized carbons (Fsp3) is 0.188. The van der Waals surface area contributed by atoms with Gasteiger partial charge in [-0.25, -0.2) is 0 Å². The molecule has 2 rings (SSSR count). The summed E-state index contributed by atoms with van der Waals surface area (Å²) in [5, 5.41) is 13.1. The maximum Gasteiger partial charge on any atom is 0.269 e. The molecule has 1 heterocycles. The number of hydrazine groups is 1. The number of benzene rings is 1. The molecule has 1 aromatic carbocycles. The third-order valence-corrected chi connectivity index (χ3v) is 3.27. The highest BCUT2D eigenvalue weighted by Gasteiger charge is 2.11. The molecule has 0 unspecified atom stereocenters. The molecule has 0 saturated heterocycles. The van der Waals surface area contributed by atoms with E-state index in [0.29, 0.717) is 5.76 Å². The molecule has 0 saturated carbocycles. The summed E-state index contributed by atoms with van der Waals surface area (Å²) in [6.07, 6.45) is 1.31. The van der Waals surface area contributed by atoms with Crippen LogP contribution >= 0.6 is 0 Å². The second-order valence-electron chi connectivity index (χ2n) is 5.16. The summed E-state index contributed by atoms with van der Waals surface area (Å²) in [5.74, 6) is -0.916. The molecule has 0 aliphatic rings. The van der Waals surface area contributed by atoms with Gasteiger partial charge in [0.25, 0.3) is 11.6 Å². The maximum atomic E-state index is 11.8. The van der Waals surface area contributed by atoms with Gasteiger partial charge in [0.2, 0.25) is 11.8 Å². The molecule has 10 nitrogen and oxygen atoms in total. The molecule has 3 amide bonds. The van der Waals surface area contributed by atoms with Gasteiger partial charge in [-0.2, -0.15) is 0 Å². The summed E-state index contributed by atoms with van der Waals surface area (Å²) in [6, 6.07) is 8.30. The Morgan fingerprint density at radius 1 is 1.00 bits per heavy atom. The van der Waals surface area contributed by atoms with Crippen molar-refractivity contribution in [3.63, 3.8) is 0 Å². The first-order chi connectivity index (χ1) is 12.5. The second kappa shape index (κ2) is 8.97. The summed E-state index contributed by atoms with van der Waals surface area (Å²) in [4.78, 5) is 45.0. The molecule has 1 aromatic heterocycles. The van der Waals surface area contributed by atoms with Crippen LogP contribution in [0.2, 0.25) is 0 Å². The third-order valence-electron chi connectivity index (χ3n) is 3.27. The predicted octanol–water partition coefficient (Wildman–Crippen LogP) is 1.05. The number of furan rings is 1. The number of rotatable bonds is 7. The molecule has 0 aliphatic carbocycles. The normalized spacial score (nSPS) is 10.0. The molecular formula is C16H16N4O6. The van der Waals surface area contributed by atoms with Crippen molar-refractivity contribution in [3.05, 3.63) is 64.1 Å². The number of nitrogens with zero attached hydrogens (tertiary/aromatic N) is 1. The standard InChI is InChI=1S/C16H16N4O6/c21-14(17-10-13-2-1-9-26-13)7-8-15(22)18-19-16(23)11-3-5-12(6-4-11)20(24)25/h1-6,9H,7-8,10H2,(H,17,21)(H,18,22)(H,19,23). The van der Waals surface area contributed by atoms with E-state index in [4.69, 9.17) is 4.42 Å². The van der Waals surface area contributed by atoms with E-state index in [-0.39, 0.29) is 36.5 Å². The van der Waals surface area contributed by atoms with Crippen molar-refractivity contribution in [2.45, 2.75) is 19.4 Å². The Hall–Kier alpha value is -3.69. The monoisotopic (exact) mass is 360 g/mol. The minimum absolute atomic E-state index is 0.0556. The lowest BCUT2D eigenvalue weighted by atomic mass is 10.2. The predicted molar refractivity (Wildman–Crippen MR) is 88.5 cm³/mol.